The standard InChI is InChI=1S/C31H22N4O4S/c1-16-8-7-9-18(14-16)32-22-15-17(2)28-26-24(19-10-3-4-11-20(19)29(36)25(22)26)27(31(37)34-28)30-33-21-12-5-6-13-23(21)40(38,39)35-30/h3-15,32-33,35H,1-2H3/b30-27-. The zero-order valence-corrected chi connectivity index (χ0v) is 22.3. The van der Waals surface area contributed by atoms with E-state index in [0.717, 1.165) is 11.3 Å². The Morgan fingerprint density at radius 2 is 1.55 bits per heavy atom. The summed E-state index contributed by atoms with van der Waals surface area (Å²) in [5.41, 5.74) is 3.08. The van der Waals surface area contributed by atoms with E-state index in [4.69, 9.17) is 0 Å². The maximum absolute atomic E-state index is 14.0. The van der Waals surface area contributed by atoms with Gasteiger partial charge in [0.2, 0.25) is 0 Å². The van der Waals surface area contributed by atoms with Crippen LogP contribution >= 0.6 is 0 Å². The predicted octanol–water partition coefficient (Wildman–Crippen LogP) is 3.82. The molecule has 4 aromatic carbocycles. The third-order valence-corrected chi connectivity index (χ3v) is 8.71. The minimum Gasteiger partial charge on any atom is -0.355 e. The molecule has 2 aliphatic heterocycles. The molecule has 0 spiro atoms. The number of para-hydroxylation sites is 1. The largest absolute Gasteiger partial charge is 0.355 e. The topological polar surface area (TPSA) is 117 Å². The van der Waals surface area contributed by atoms with E-state index in [0.29, 0.717) is 49.1 Å². The summed E-state index contributed by atoms with van der Waals surface area (Å²) in [6.07, 6.45) is 0. The number of nitrogens with zero attached hydrogens (tertiary/aromatic N) is 1. The summed E-state index contributed by atoms with van der Waals surface area (Å²) in [4.78, 5) is 32.2. The molecule has 0 saturated carbocycles. The molecule has 3 aliphatic rings. The summed E-state index contributed by atoms with van der Waals surface area (Å²) in [6, 6.07) is 23.1. The van der Waals surface area contributed by atoms with Gasteiger partial charge in [-0.15, -0.1) is 0 Å². The molecule has 0 fully saturated rings. The van der Waals surface area contributed by atoms with Gasteiger partial charge in [0.1, 0.15) is 10.7 Å². The number of aromatic nitrogens is 1. The number of nitrogens with one attached hydrogen (secondary N) is 3. The van der Waals surface area contributed by atoms with Gasteiger partial charge in [-0.3, -0.25) is 14.3 Å². The van der Waals surface area contributed by atoms with Gasteiger partial charge in [0, 0.05) is 21.5 Å². The second-order valence-corrected chi connectivity index (χ2v) is 11.6. The summed E-state index contributed by atoms with van der Waals surface area (Å²) in [5, 5.41) is 8.84. The van der Waals surface area contributed by atoms with Crippen LogP contribution in [0, 0.1) is 24.3 Å². The summed E-state index contributed by atoms with van der Waals surface area (Å²) in [6.45, 7) is 3.83. The van der Waals surface area contributed by atoms with Crippen molar-refractivity contribution in [3.05, 3.63) is 126 Å². The smallest absolute Gasteiger partial charge is 0.281 e. The van der Waals surface area contributed by atoms with E-state index in [-0.39, 0.29) is 21.4 Å². The molecule has 9 heteroatoms. The third kappa shape index (κ3) is 3.51. The Bertz CT molecular complexity index is 2390. The number of hydrogen-bond donors (Lipinski definition) is 3. The highest BCUT2D eigenvalue weighted by Gasteiger charge is 2.27. The summed E-state index contributed by atoms with van der Waals surface area (Å²) in [5.74, 6) is -0.00194. The number of sulfonamides is 1. The lowest BCUT2D eigenvalue weighted by Crippen LogP contribution is -2.42. The van der Waals surface area contributed by atoms with Gasteiger partial charge in [0.15, 0.2) is 5.43 Å². The Labute approximate surface area is 228 Å². The molecule has 4 aromatic rings. The van der Waals surface area contributed by atoms with Crippen LogP contribution in [0.25, 0.3) is 27.5 Å². The van der Waals surface area contributed by atoms with E-state index < -0.39 is 15.6 Å². The average Bonchev–Trinajstić information content (AvgIpc) is 2.92. The molecule has 0 atom stereocenters. The van der Waals surface area contributed by atoms with E-state index in [1.807, 2.05) is 44.2 Å². The normalized spacial score (nSPS) is 15.6. The Morgan fingerprint density at radius 1 is 0.800 bits per heavy atom. The van der Waals surface area contributed by atoms with Crippen molar-refractivity contribution in [1.82, 2.24) is 9.71 Å². The zero-order valence-electron chi connectivity index (χ0n) is 21.5. The lowest BCUT2D eigenvalue weighted by atomic mass is 9.95. The number of anilines is 3. The van der Waals surface area contributed by atoms with Crippen molar-refractivity contribution in [2.45, 2.75) is 18.7 Å². The highest BCUT2D eigenvalue weighted by Crippen LogP contribution is 2.30. The van der Waals surface area contributed by atoms with E-state index in [1.54, 1.807) is 42.5 Å². The van der Waals surface area contributed by atoms with E-state index in [9.17, 15) is 18.0 Å². The van der Waals surface area contributed by atoms with Crippen molar-refractivity contribution in [2.75, 3.05) is 10.6 Å². The minimum absolute atomic E-state index is 0.00194. The highest BCUT2D eigenvalue weighted by atomic mass is 32.2. The quantitative estimate of drug-likeness (QED) is 0.302. The predicted molar refractivity (Wildman–Crippen MR) is 156 cm³/mol. The number of benzene rings is 4. The van der Waals surface area contributed by atoms with E-state index in [2.05, 4.69) is 20.3 Å². The molecular weight excluding hydrogens is 524 g/mol. The highest BCUT2D eigenvalue weighted by molar-refractivity contribution is 7.90. The van der Waals surface area contributed by atoms with Gasteiger partial charge in [-0.25, -0.2) is 13.4 Å². The van der Waals surface area contributed by atoms with Crippen molar-refractivity contribution in [3.63, 3.8) is 0 Å². The van der Waals surface area contributed by atoms with Crippen LogP contribution in [0.3, 0.4) is 0 Å². The molecule has 0 bridgehead atoms. The van der Waals surface area contributed by atoms with Gasteiger partial charge in [-0.2, -0.15) is 0 Å². The number of fused-ring (bicyclic) bond motifs is 3. The first-order valence-corrected chi connectivity index (χ1v) is 14.1. The summed E-state index contributed by atoms with van der Waals surface area (Å²) < 4.78 is 28.9. The SMILES string of the molecule is Cc1cccc(Nc2cc(C)c3nc(=O)/c(=C4/Nc5ccccc5S(=O)(=O)N4)c4c5ccccc5c(=O)c2c3=4)c1. The van der Waals surface area contributed by atoms with Crippen LogP contribution < -0.4 is 31.6 Å². The van der Waals surface area contributed by atoms with Crippen LogP contribution in [-0.4, -0.2) is 13.4 Å². The second kappa shape index (κ2) is 8.49. The van der Waals surface area contributed by atoms with Crippen LogP contribution in [0.1, 0.15) is 11.1 Å². The monoisotopic (exact) mass is 546 g/mol. The maximum atomic E-state index is 14.0. The molecule has 2 heterocycles. The molecule has 3 N–H and O–H groups in total. The van der Waals surface area contributed by atoms with E-state index in [1.165, 1.54) is 6.07 Å². The van der Waals surface area contributed by atoms with Crippen LogP contribution in [0.5, 0.6) is 0 Å². The third-order valence-electron chi connectivity index (χ3n) is 7.31. The van der Waals surface area contributed by atoms with Gasteiger partial charge in [0.25, 0.3) is 15.6 Å². The molecule has 0 amide bonds. The van der Waals surface area contributed by atoms with Crippen LogP contribution in [-0.2, 0) is 10.0 Å². The molecule has 0 radical (unpaired) electrons. The molecule has 0 unspecified atom stereocenters. The van der Waals surface area contributed by atoms with Crippen LogP contribution in [0.15, 0.2) is 93.3 Å². The fraction of sp³-hybridized carbons (Fsp3) is 0.0645. The molecule has 7 rings (SSSR count). The first-order chi connectivity index (χ1) is 19.2. The minimum atomic E-state index is -3.97. The summed E-state index contributed by atoms with van der Waals surface area (Å²) >= 11 is 0. The van der Waals surface area contributed by atoms with Gasteiger partial charge >= 0.3 is 0 Å². The van der Waals surface area contributed by atoms with E-state index >= 15 is 0 Å². The molecule has 8 nitrogen and oxygen atoms in total. The Morgan fingerprint density at radius 3 is 2.35 bits per heavy atom. The van der Waals surface area contributed by atoms with Gasteiger partial charge < -0.3 is 10.6 Å². The van der Waals surface area contributed by atoms with Gasteiger partial charge in [-0.05, 0) is 60.7 Å². The first kappa shape index (κ1) is 24.1. The molecule has 1 aliphatic carbocycles. The lowest BCUT2D eigenvalue weighted by molar-refractivity contribution is 0.590. The van der Waals surface area contributed by atoms with Crippen molar-refractivity contribution >= 4 is 54.6 Å². The first-order valence-electron chi connectivity index (χ1n) is 12.7. The van der Waals surface area contributed by atoms with Crippen molar-refractivity contribution in [1.29, 1.82) is 0 Å². The molecule has 0 aromatic heterocycles. The zero-order chi connectivity index (χ0) is 27.8. The Hall–Kier alpha value is -5.02. The van der Waals surface area contributed by atoms with Crippen molar-refractivity contribution < 1.29 is 8.42 Å². The lowest BCUT2D eigenvalue weighted by Gasteiger charge is -2.22. The summed E-state index contributed by atoms with van der Waals surface area (Å²) in [7, 11) is -3.97. The number of aryl methyl sites for hydroxylation is 2. The molecule has 40 heavy (non-hydrogen) atoms. The maximum Gasteiger partial charge on any atom is 0.281 e. The Kier molecular flexibility index (Phi) is 5.10. The fourth-order valence-corrected chi connectivity index (χ4v) is 6.80. The fourth-order valence-electron chi connectivity index (χ4n) is 5.60. The molecular formula is C31H22N4O4S. The van der Waals surface area contributed by atoms with Gasteiger partial charge in [0.05, 0.1) is 27.5 Å². The van der Waals surface area contributed by atoms with Crippen LogP contribution in [0.4, 0.5) is 17.1 Å². The van der Waals surface area contributed by atoms with Crippen LogP contribution in [0.2, 0.25) is 0 Å². The molecule has 0 saturated heterocycles. The Balaban J connectivity index is 1.72. The van der Waals surface area contributed by atoms with Gasteiger partial charge in [-0.1, -0.05) is 48.5 Å². The number of hydrogen-bond acceptors (Lipinski definition) is 7. The molecule has 196 valence electrons. The average molecular weight is 547 g/mol. The second-order valence-electron chi connectivity index (χ2n) is 9.98. The number of rotatable bonds is 2. The van der Waals surface area contributed by atoms with Crippen molar-refractivity contribution in [3.8, 4) is 0 Å². The van der Waals surface area contributed by atoms with Crippen molar-refractivity contribution in [2.24, 2.45) is 0 Å².